The van der Waals surface area contributed by atoms with E-state index in [0.29, 0.717) is 35.6 Å². The van der Waals surface area contributed by atoms with E-state index in [0.717, 1.165) is 35.4 Å². The molecule has 3 aliphatic rings. The quantitative estimate of drug-likeness (QED) is 0.388. The zero-order chi connectivity index (χ0) is 25.1. The molecule has 2 saturated heterocycles. The molecule has 0 aromatic carbocycles. The minimum atomic E-state index is -0.618. The van der Waals surface area contributed by atoms with Gasteiger partial charge in [-0.2, -0.15) is 0 Å². The number of hydrogen-bond acceptors (Lipinski definition) is 10. The highest BCUT2D eigenvalue weighted by molar-refractivity contribution is 6.33. The number of aliphatic hydroxyl groups is 1. The van der Waals surface area contributed by atoms with E-state index in [1.807, 2.05) is 18.3 Å². The molecule has 0 radical (unpaired) electrons. The van der Waals surface area contributed by atoms with Crippen molar-refractivity contribution in [1.29, 1.82) is 0 Å². The van der Waals surface area contributed by atoms with Crippen LogP contribution in [0.3, 0.4) is 0 Å². The average Bonchev–Trinajstić information content (AvgIpc) is 3.58. The van der Waals surface area contributed by atoms with Crippen LogP contribution >= 0.6 is 11.6 Å². The van der Waals surface area contributed by atoms with Crippen LogP contribution in [0.15, 0.2) is 34.4 Å². The van der Waals surface area contributed by atoms with Crippen molar-refractivity contribution < 1.29 is 24.1 Å². The van der Waals surface area contributed by atoms with Crippen LogP contribution < -0.4 is 5.32 Å². The van der Waals surface area contributed by atoms with E-state index in [2.05, 4.69) is 33.1 Å². The second-order valence-corrected chi connectivity index (χ2v) is 9.11. The van der Waals surface area contributed by atoms with Crippen LogP contribution in [-0.4, -0.2) is 85.6 Å². The monoisotopic (exact) mass is 513 g/mol. The molecule has 5 rings (SSSR count). The van der Waals surface area contributed by atoms with Crippen LogP contribution in [-0.2, 0) is 25.4 Å². The summed E-state index contributed by atoms with van der Waals surface area (Å²) in [6.45, 7) is 4.95. The number of nitrogens with zero attached hydrogens (tertiary/aromatic N) is 4. The lowest BCUT2D eigenvalue weighted by Crippen LogP contribution is -2.33. The summed E-state index contributed by atoms with van der Waals surface area (Å²) in [4.78, 5) is 17.9. The first-order chi connectivity index (χ1) is 17.6. The van der Waals surface area contributed by atoms with Crippen molar-refractivity contribution in [1.82, 2.24) is 9.97 Å². The Kier molecular flexibility index (Phi) is 7.70. The van der Waals surface area contributed by atoms with Gasteiger partial charge in [-0.3, -0.25) is 4.98 Å². The lowest BCUT2D eigenvalue weighted by molar-refractivity contribution is -0.0311. The maximum Gasteiger partial charge on any atom is 0.177 e. The van der Waals surface area contributed by atoms with Gasteiger partial charge in [-0.1, -0.05) is 23.8 Å². The van der Waals surface area contributed by atoms with Crippen molar-refractivity contribution in [3.8, 4) is 0 Å². The highest BCUT2D eigenvalue weighted by Gasteiger charge is 2.47. The fourth-order valence-corrected chi connectivity index (χ4v) is 4.76. The van der Waals surface area contributed by atoms with Gasteiger partial charge in [0.15, 0.2) is 11.6 Å². The summed E-state index contributed by atoms with van der Waals surface area (Å²) in [5.41, 5.74) is 4.42. The Balaban J connectivity index is 1.27. The Morgan fingerprint density at radius 2 is 2.11 bits per heavy atom. The van der Waals surface area contributed by atoms with Gasteiger partial charge >= 0.3 is 0 Å². The average molecular weight is 514 g/mol. The van der Waals surface area contributed by atoms with Gasteiger partial charge in [0.2, 0.25) is 0 Å². The fourth-order valence-electron chi connectivity index (χ4n) is 4.57. The standard InChI is InChI=1S/C25H28ClN5O5/c1-27-25-18(29-13-36-20-12-35-22-19(32)11-34-23(20)22)9-16(26)24(31-25)30-17-6-5-15-8-14(4-3-7-33-2)10-28-21(15)17/h3-4,8-10,19-20,22-23,29,32H,1,5-7,11-13H2,2H3/b4-3+,30-17+/t19-,20-,22?,23-/m1/s1. The molecule has 4 heterocycles. The van der Waals surface area contributed by atoms with Gasteiger partial charge in [-0.15, -0.1) is 0 Å². The van der Waals surface area contributed by atoms with Crippen molar-refractivity contribution in [2.75, 3.05) is 39.0 Å². The number of aromatic nitrogens is 2. The predicted octanol–water partition coefficient (Wildman–Crippen LogP) is 3.10. The first kappa shape index (κ1) is 24.9. The van der Waals surface area contributed by atoms with Gasteiger partial charge in [0.25, 0.3) is 0 Å². The highest BCUT2D eigenvalue weighted by Crippen LogP contribution is 2.35. The van der Waals surface area contributed by atoms with E-state index < -0.39 is 6.10 Å². The fraction of sp³-hybridized carbons (Fsp3) is 0.440. The normalized spacial score (nSPS) is 26.0. The van der Waals surface area contributed by atoms with Gasteiger partial charge in [-0.25, -0.2) is 15.0 Å². The maximum atomic E-state index is 9.87. The summed E-state index contributed by atoms with van der Waals surface area (Å²) in [5.74, 6) is 0.722. The Hall–Kier alpha value is -2.73. The zero-order valence-electron chi connectivity index (χ0n) is 19.9. The molecule has 1 unspecified atom stereocenters. The van der Waals surface area contributed by atoms with Gasteiger partial charge in [0.05, 0.1) is 41.9 Å². The number of halogens is 1. The lowest BCUT2D eigenvalue weighted by Gasteiger charge is -2.18. The van der Waals surface area contributed by atoms with E-state index in [9.17, 15) is 5.11 Å². The van der Waals surface area contributed by atoms with E-state index in [-0.39, 0.29) is 31.6 Å². The number of hydrogen-bond donors (Lipinski definition) is 2. The third-order valence-corrected chi connectivity index (χ3v) is 6.61. The molecule has 0 spiro atoms. The molecule has 1 aliphatic carbocycles. The summed E-state index contributed by atoms with van der Waals surface area (Å²) in [7, 11) is 1.66. The smallest absolute Gasteiger partial charge is 0.177 e. The van der Waals surface area contributed by atoms with Gasteiger partial charge in [0.1, 0.15) is 31.1 Å². The molecular formula is C25H28ClN5O5. The van der Waals surface area contributed by atoms with Crippen LogP contribution in [0.25, 0.3) is 6.08 Å². The minimum Gasteiger partial charge on any atom is -0.388 e. The van der Waals surface area contributed by atoms with E-state index in [4.69, 9.17) is 35.5 Å². The summed E-state index contributed by atoms with van der Waals surface area (Å²) < 4.78 is 22.1. The third-order valence-electron chi connectivity index (χ3n) is 6.34. The van der Waals surface area contributed by atoms with E-state index >= 15 is 0 Å². The maximum absolute atomic E-state index is 9.87. The third kappa shape index (κ3) is 5.19. The highest BCUT2D eigenvalue weighted by atomic mass is 35.5. The molecule has 2 aliphatic heterocycles. The number of rotatable bonds is 9. The Morgan fingerprint density at radius 1 is 1.25 bits per heavy atom. The number of fused-ring (bicyclic) bond motifs is 2. The number of aliphatic imine (C=N–C) groups is 2. The molecule has 2 N–H and O–H groups in total. The number of methoxy groups -OCH3 is 1. The van der Waals surface area contributed by atoms with Crippen LogP contribution in [0.2, 0.25) is 5.02 Å². The van der Waals surface area contributed by atoms with Crippen LogP contribution in [0, 0.1) is 0 Å². The Bertz CT molecular complexity index is 1190. The molecule has 2 aromatic heterocycles. The summed E-state index contributed by atoms with van der Waals surface area (Å²) >= 11 is 6.53. The van der Waals surface area contributed by atoms with Gasteiger partial charge < -0.3 is 29.4 Å². The number of ether oxygens (including phenoxy) is 4. The first-order valence-corrected chi connectivity index (χ1v) is 12.1. The Morgan fingerprint density at radius 3 is 2.94 bits per heavy atom. The molecule has 11 heteroatoms. The van der Waals surface area contributed by atoms with Crippen LogP contribution in [0.1, 0.15) is 23.2 Å². The number of anilines is 1. The largest absolute Gasteiger partial charge is 0.388 e. The number of pyridine rings is 2. The number of nitrogens with one attached hydrogen (secondary N) is 1. The van der Waals surface area contributed by atoms with Crippen molar-refractivity contribution in [3.05, 3.63) is 46.2 Å². The molecular weight excluding hydrogens is 486 g/mol. The zero-order valence-corrected chi connectivity index (χ0v) is 20.6. The Labute approximate surface area is 214 Å². The van der Waals surface area contributed by atoms with Crippen LogP contribution in [0.4, 0.5) is 17.3 Å². The van der Waals surface area contributed by atoms with Crippen molar-refractivity contribution in [2.45, 2.75) is 37.3 Å². The van der Waals surface area contributed by atoms with Crippen LogP contribution in [0.5, 0.6) is 0 Å². The molecule has 0 saturated carbocycles. The van der Waals surface area contributed by atoms with E-state index in [1.54, 1.807) is 13.2 Å². The molecule has 190 valence electrons. The minimum absolute atomic E-state index is 0.156. The second kappa shape index (κ2) is 11.1. The summed E-state index contributed by atoms with van der Waals surface area (Å²) in [6.07, 6.45) is 5.84. The summed E-state index contributed by atoms with van der Waals surface area (Å²) in [6, 6.07) is 3.82. The van der Waals surface area contributed by atoms with Crippen molar-refractivity contribution in [2.24, 2.45) is 9.98 Å². The lowest BCUT2D eigenvalue weighted by atomic mass is 10.1. The molecule has 0 bridgehead atoms. The predicted molar refractivity (Wildman–Crippen MR) is 137 cm³/mol. The van der Waals surface area contributed by atoms with Crippen molar-refractivity contribution >= 4 is 47.4 Å². The summed E-state index contributed by atoms with van der Waals surface area (Å²) in [5, 5.41) is 13.4. The second-order valence-electron chi connectivity index (χ2n) is 8.71. The topological polar surface area (TPSA) is 120 Å². The van der Waals surface area contributed by atoms with Crippen molar-refractivity contribution in [3.63, 3.8) is 0 Å². The molecule has 10 nitrogen and oxygen atoms in total. The SMILES string of the molecule is C=Nc1nc(/N=C2\CCc3cc(/C=C/COC)cnc32)c(Cl)cc1NCO[C@@H]1COC2[C@H](O)CO[C@@H]21. The number of aryl methyl sites for hydroxylation is 1. The molecule has 4 atom stereocenters. The first-order valence-electron chi connectivity index (χ1n) is 11.7. The number of aliphatic hydroxyl groups excluding tert-OH is 1. The van der Waals surface area contributed by atoms with Gasteiger partial charge in [-0.05, 0) is 42.8 Å². The van der Waals surface area contributed by atoms with E-state index in [1.165, 1.54) is 0 Å². The molecule has 2 aromatic rings. The molecule has 2 fully saturated rings. The van der Waals surface area contributed by atoms with Gasteiger partial charge in [0, 0.05) is 13.3 Å². The molecule has 36 heavy (non-hydrogen) atoms. The molecule has 0 amide bonds.